The van der Waals surface area contributed by atoms with E-state index in [9.17, 15) is 0 Å². The summed E-state index contributed by atoms with van der Waals surface area (Å²) in [5.74, 6) is 0.326. The average Bonchev–Trinajstić information content (AvgIpc) is 2.56. The largest absolute Gasteiger partial charge is 0.407 e. The Morgan fingerprint density at radius 3 is 1.62 bits per heavy atom. The minimum atomic E-state index is -2.41. The maximum absolute atomic E-state index is 6.85. The molecule has 0 saturated heterocycles. The molecule has 2 unspecified atom stereocenters. The SMILES string of the molecule is CC(N)C(C)CO[Si](c1ccccc1)(c1ccccc1)C(C)(C)C. The summed E-state index contributed by atoms with van der Waals surface area (Å²) in [7, 11) is -2.41. The molecule has 0 fully saturated rings. The topological polar surface area (TPSA) is 35.2 Å². The van der Waals surface area contributed by atoms with E-state index in [-0.39, 0.29) is 11.1 Å². The van der Waals surface area contributed by atoms with E-state index in [2.05, 4.69) is 95.3 Å². The van der Waals surface area contributed by atoms with Gasteiger partial charge < -0.3 is 10.2 Å². The van der Waals surface area contributed by atoms with Crippen LogP contribution in [0.5, 0.6) is 0 Å². The quantitative estimate of drug-likeness (QED) is 0.816. The van der Waals surface area contributed by atoms with Gasteiger partial charge in [0.25, 0.3) is 8.32 Å². The number of hydrogen-bond acceptors (Lipinski definition) is 2. The van der Waals surface area contributed by atoms with E-state index in [0.29, 0.717) is 12.5 Å². The lowest BCUT2D eigenvalue weighted by atomic mass is 10.1. The molecule has 0 amide bonds. The van der Waals surface area contributed by atoms with Crippen molar-refractivity contribution in [1.82, 2.24) is 0 Å². The van der Waals surface area contributed by atoms with Gasteiger partial charge in [-0.15, -0.1) is 0 Å². The number of hydrogen-bond donors (Lipinski definition) is 1. The normalized spacial score (nSPS) is 15.1. The Balaban J connectivity index is 2.57. The van der Waals surface area contributed by atoms with Crippen LogP contribution in [0.1, 0.15) is 34.6 Å². The second kappa shape index (κ2) is 7.64. The minimum Gasteiger partial charge on any atom is -0.407 e. The summed E-state index contributed by atoms with van der Waals surface area (Å²) in [6.07, 6.45) is 0. The van der Waals surface area contributed by atoms with E-state index in [4.69, 9.17) is 10.2 Å². The summed E-state index contributed by atoms with van der Waals surface area (Å²) < 4.78 is 6.85. The summed E-state index contributed by atoms with van der Waals surface area (Å²) >= 11 is 0. The Kier molecular flexibility index (Phi) is 6.02. The van der Waals surface area contributed by atoms with Gasteiger partial charge in [-0.05, 0) is 28.3 Å². The molecule has 2 atom stereocenters. The molecule has 0 bridgehead atoms. The predicted molar refractivity (Wildman–Crippen MR) is 106 cm³/mol. The smallest absolute Gasteiger partial charge is 0.261 e. The summed E-state index contributed by atoms with van der Waals surface area (Å²) in [5, 5.41) is 2.66. The fourth-order valence-electron chi connectivity index (χ4n) is 3.17. The van der Waals surface area contributed by atoms with Gasteiger partial charge in [0.2, 0.25) is 0 Å². The molecule has 0 aliphatic carbocycles. The van der Waals surface area contributed by atoms with Crippen molar-refractivity contribution in [3.05, 3.63) is 60.7 Å². The zero-order valence-electron chi connectivity index (χ0n) is 15.6. The second-order valence-electron chi connectivity index (χ2n) is 7.81. The van der Waals surface area contributed by atoms with Crippen LogP contribution >= 0.6 is 0 Å². The molecule has 0 heterocycles. The van der Waals surface area contributed by atoms with Gasteiger partial charge in [-0.2, -0.15) is 0 Å². The Bertz CT molecular complexity index is 580. The summed E-state index contributed by atoms with van der Waals surface area (Å²) in [6.45, 7) is 11.8. The Morgan fingerprint density at radius 2 is 1.29 bits per heavy atom. The van der Waals surface area contributed by atoms with E-state index >= 15 is 0 Å². The lowest BCUT2D eigenvalue weighted by molar-refractivity contribution is 0.229. The van der Waals surface area contributed by atoms with E-state index in [1.807, 2.05) is 0 Å². The molecule has 2 aromatic rings. The van der Waals surface area contributed by atoms with Crippen molar-refractivity contribution in [2.45, 2.75) is 45.7 Å². The third-order valence-corrected chi connectivity index (χ3v) is 9.88. The standard InChI is InChI=1S/C21H31NOSi/c1-17(18(2)22)16-23-24(21(3,4)5,19-12-8-6-9-13-19)20-14-10-7-11-15-20/h6-15,17-18H,16,22H2,1-5H3. The van der Waals surface area contributed by atoms with Crippen molar-refractivity contribution in [2.24, 2.45) is 11.7 Å². The maximum Gasteiger partial charge on any atom is 0.261 e. The molecule has 130 valence electrons. The van der Waals surface area contributed by atoms with Crippen LogP contribution in [0.4, 0.5) is 0 Å². The average molecular weight is 342 g/mol. The van der Waals surface area contributed by atoms with Crippen molar-refractivity contribution in [2.75, 3.05) is 6.61 Å². The molecule has 0 saturated carbocycles. The van der Waals surface area contributed by atoms with Crippen LogP contribution in [0, 0.1) is 5.92 Å². The van der Waals surface area contributed by atoms with E-state index < -0.39 is 8.32 Å². The van der Waals surface area contributed by atoms with Crippen LogP contribution in [-0.4, -0.2) is 21.0 Å². The van der Waals surface area contributed by atoms with Gasteiger partial charge in [-0.1, -0.05) is 88.4 Å². The van der Waals surface area contributed by atoms with Gasteiger partial charge in [-0.3, -0.25) is 0 Å². The monoisotopic (exact) mass is 341 g/mol. The van der Waals surface area contributed by atoms with Crippen molar-refractivity contribution >= 4 is 18.7 Å². The van der Waals surface area contributed by atoms with Crippen molar-refractivity contribution in [3.8, 4) is 0 Å². The minimum absolute atomic E-state index is 0.0211. The molecular weight excluding hydrogens is 310 g/mol. The Morgan fingerprint density at radius 1 is 0.875 bits per heavy atom. The van der Waals surface area contributed by atoms with Crippen LogP contribution in [0.3, 0.4) is 0 Å². The molecule has 0 aromatic heterocycles. The summed E-state index contributed by atoms with van der Waals surface area (Å²) in [5.41, 5.74) is 6.09. The van der Waals surface area contributed by atoms with E-state index in [0.717, 1.165) is 0 Å². The fourth-order valence-corrected chi connectivity index (χ4v) is 7.84. The zero-order valence-corrected chi connectivity index (χ0v) is 16.6. The van der Waals surface area contributed by atoms with Gasteiger partial charge in [0.15, 0.2) is 0 Å². The van der Waals surface area contributed by atoms with Gasteiger partial charge in [-0.25, -0.2) is 0 Å². The van der Waals surface area contributed by atoms with Crippen LogP contribution < -0.4 is 16.1 Å². The molecule has 2 nitrogen and oxygen atoms in total. The maximum atomic E-state index is 6.85. The molecule has 24 heavy (non-hydrogen) atoms. The first-order valence-corrected chi connectivity index (χ1v) is 10.7. The number of rotatable bonds is 6. The highest BCUT2D eigenvalue weighted by molar-refractivity contribution is 6.99. The van der Waals surface area contributed by atoms with Crippen LogP contribution in [0.15, 0.2) is 60.7 Å². The van der Waals surface area contributed by atoms with Gasteiger partial charge >= 0.3 is 0 Å². The zero-order chi connectivity index (χ0) is 17.8. The number of nitrogens with two attached hydrogens (primary N) is 1. The predicted octanol–water partition coefficient (Wildman–Crippen LogP) is 3.55. The lowest BCUT2D eigenvalue weighted by Crippen LogP contribution is -2.67. The highest BCUT2D eigenvalue weighted by Crippen LogP contribution is 2.37. The van der Waals surface area contributed by atoms with Crippen LogP contribution in [0.2, 0.25) is 5.04 Å². The highest BCUT2D eigenvalue weighted by Gasteiger charge is 2.50. The van der Waals surface area contributed by atoms with Gasteiger partial charge in [0.1, 0.15) is 0 Å². The van der Waals surface area contributed by atoms with Crippen molar-refractivity contribution in [3.63, 3.8) is 0 Å². The lowest BCUT2D eigenvalue weighted by Gasteiger charge is -2.43. The van der Waals surface area contributed by atoms with Crippen LogP contribution in [0.25, 0.3) is 0 Å². The van der Waals surface area contributed by atoms with Gasteiger partial charge in [0, 0.05) is 12.6 Å². The Hall–Kier alpha value is -1.42. The third kappa shape index (κ3) is 3.80. The van der Waals surface area contributed by atoms with Crippen molar-refractivity contribution in [1.29, 1.82) is 0 Å². The second-order valence-corrected chi connectivity index (χ2v) is 12.1. The first kappa shape index (κ1) is 18.9. The number of benzene rings is 2. The highest BCUT2D eigenvalue weighted by atomic mass is 28.4. The van der Waals surface area contributed by atoms with Crippen LogP contribution in [-0.2, 0) is 4.43 Å². The summed E-state index contributed by atoms with van der Waals surface area (Å²) in [6, 6.07) is 21.6. The first-order chi connectivity index (χ1) is 11.3. The third-order valence-electron chi connectivity index (χ3n) is 4.88. The molecule has 0 aliphatic heterocycles. The molecular formula is C21H31NOSi. The summed E-state index contributed by atoms with van der Waals surface area (Å²) in [4.78, 5) is 0. The molecule has 0 radical (unpaired) electrons. The fraction of sp³-hybridized carbons (Fsp3) is 0.429. The van der Waals surface area contributed by atoms with Gasteiger partial charge in [0.05, 0.1) is 0 Å². The molecule has 0 aliphatic rings. The molecule has 3 heteroatoms. The van der Waals surface area contributed by atoms with Crippen molar-refractivity contribution < 1.29 is 4.43 Å². The van der Waals surface area contributed by atoms with E-state index in [1.165, 1.54) is 10.4 Å². The first-order valence-electron chi connectivity index (χ1n) is 8.79. The molecule has 0 spiro atoms. The Labute approximate surface area is 148 Å². The molecule has 2 aromatic carbocycles. The van der Waals surface area contributed by atoms with E-state index in [1.54, 1.807) is 0 Å². The molecule has 2 rings (SSSR count). The molecule has 2 N–H and O–H groups in total.